The zero-order valence-corrected chi connectivity index (χ0v) is 28.1. The smallest absolute Gasteiger partial charge is 0.315 e. The summed E-state index contributed by atoms with van der Waals surface area (Å²) in [6.45, 7) is 9.08. The van der Waals surface area contributed by atoms with Gasteiger partial charge in [-0.15, -0.1) is 0 Å². The number of fused-ring (bicyclic) bond motifs is 1. The number of amides is 3. The molecule has 2 heterocycles. The number of aliphatic hydroxyl groups is 1. The zero-order valence-electron chi connectivity index (χ0n) is 27.3. The van der Waals surface area contributed by atoms with Crippen molar-refractivity contribution in [3.63, 3.8) is 0 Å². The molecule has 0 bridgehead atoms. The standard InChI is InChI=1S/C30H57N3O12S/c34-6-8-38-10-12-40-14-16-42-18-20-44-22-24-45-23-21-43-19-17-41-15-13-39-11-9-37-7-5-31-28(35)4-2-1-3-27-29-26(25-46-27)32-30(36)33-29/h26-27,29,34H,1-25H2,(H,31,35)(H2,32,33,36)/t26-,27-,29-/m0/s1. The van der Waals surface area contributed by atoms with E-state index in [1.165, 1.54) is 0 Å². The van der Waals surface area contributed by atoms with Crippen molar-refractivity contribution >= 4 is 23.7 Å². The highest BCUT2D eigenvalue weighted by Crippen LogP contribution is 2.33. The molecule has 0 unspecified atom stereocenters. The molecule has 0 spiro atoms. The van der Waals surface area contributed by atoms with Crippen LogP contribution in [0.1, 0.15) is 25.7 Å². The predicted octanol–water partition coefficient (Wildman–Crippen LogP) is -0.0299. The Morgan fingerprint density at radius 3 is 1.54 bits per heavy atom. The molecule has 16 heteroatoms. The van der Waals surface area contributed by atoms with Crippen molar-refractivity contribution < 1.29 is 57.3 Å². The maximum atomic E-state index is 12.0. The molecule has 0 aliphatic carbocycles. The maximum Gasteiger partial charge on any atom is 0.315 e. The van der Waals surface area contributed by atoms with E-state index in [2.05, 4.69) is 16.0 Å². The van der Waals surface area contributed by atoms with Crippen LogP contribution in [0.4, 0.5) is 4.79 Å². The van der Waals surface area contributed by atoms with Crippen molar-refractivity contribution in [2.75, 3.05) is 138 Å². The van der Waals surface area contributed by atoms with Gasteiger partial charge in [0, 0.05) is 24.0 Å². The fourth-order valence-electron chi connectivity index (χ4n) is 4.55. The van der Waals surface area contributed by atoms with E-state index in [-0.39, 0.29) is 30.6 Å². The van der Waals surface area contributed by atoms with Gasteiger partial charge < -0.3 is 63.7 Å². The molecule has 15 nitrogen and oxygen atoms in total. The molecule has 2 rings (SSSR count). The number of carbonyl (C=O) groups excluding carboxylic acids is 2. The molecule has 0 radical (unpaired) electrons. The summed E-state index contributed by atoms with van der Waals surface area (Å²) in [7, 11) is 0. The molecule has 2 saturated heterocycles. The third-order valence-corrected chi connectivity index (χ3v) is 8.37. The summed E-state index contributed by atoms with van der Waals surface area (Å²) in [4.78, 5) is 23.5. The van der Waals surface area contributed by atoms with E-state index in [0.29, 0.717) is 137 Å². The minimum Gasteiger partial charge on any atom is -0.394 e. The van der Waals surface area contributed by atoms with Crippen LogP contribution in [0.2, 0.25) is 0 Å². The summed E-state index contributed by atoms with van der Waals surface area (Å²) in [5.74, 6) is 1.00. The fraction of sp³-hybridized carbons (Fsp3) is 0.933. The molecule has 2 aliphatic heterocycles. The van der Waals surface area contributed by atoms with E-state index in [0.717, 1.165) is 25.0 Å². The van der Waals surface area contributed by atoms with E-state index < -0.39 is 0 Å². The highest BCUT2D eigenvalue weighted by atomic mass is 32.2. The fourth-order valence-corrected chi connectivity index (χ4v) is 6.09. The Morgan fingerprint density at radius 1 is 0.652 bits per heavy atom. The molecule has 0 aromatic heterocycles. The normalized spacial score (nSPS) is 18.9. The number of nitrogens with one attached hydrogen (secondary N) is 3. The van der Waals surface area contributed by atoms with Gasteiger partial charge in [-0.25, -0.2) is 4.79 Å². The van der Waals surface area contributed by atoms with Gasteiger partial charge >= 0.3 is 6.03 Å². The minimum atomic E-state index is -0.0604. The molecule has 3 amide bonds. The molecule has 0 aromatic carbocycles. The number of thioether (sulfide) groups is 1. The van der Waals surface area contributed by atoms with Crippen LogP contribution in [0.3, 0.4) is 0 Å². The second-order valence-electron chi connectivity index (χ2n) is 10.5. The van der Waals surface area contributed by atoms with Crippen LogP contribution in [0.15, 0.2) is 0 Å². The van der Waals surface area contributed by atoms with Gasteiger partial charge in [0.2, 0.25) is 5.91 Å². The molecular formula is C30H57N3O12S. The Labute approximate surface area is 277 Å². The summed E-state index contributed by atoms with van der Waals surface area (Å²) in [5.41, 5.74) is 0. The molecular weight excluding hydrogens is 626 g/mol. The number of hydrogen-bond acceptors (Lipinski definition) is 13. The highest BCUT2D eigenvalue weighted by Gasteiger charge is 2.42. The van der Waals surface area contributed by atoms with Crippen LogP contribution in [0.25, 0.3) is 0 Å². The largest absolute Gasteiger partial charge is 0.394 e. The topological polar surface area (TPSA) is 174 Å². The molecule has 270 valence electrons. The first-order chi connectivity index (χ1) is 22.7. The number of carbonyl (C=O) groups is 2. The molecule has 0 saturated carbocycles. The first-order valence-corrected chi connectivity index (χ1v) is 17.5. The second kappa shape index (κ2) is 29.8. The summed E-state index contributed by atoms with van der Waals surface area (Å²) in [6.07, 6.45) is 3.34. The van der Waals surface area contributed by atoms with Crippen LogP contribution in [0.5, 0.6) is 0 Å². The first-order valence-electron chi connectivity index (χ1n) is 16.5. The van der Waals surface area contributed by atoms with Crippen molar-refractivity contribution in [3.05, 3.63) is 0 Å². The van der Waals surface area contributed by atoms with Crippen LogP contribution in [-0.4, -0.2) is 172 Å². The monoisotopic (exact) mass is 683 g/mol. The zero-order chi connectivity index (χ0) is 32.8. The van der Waals surface area contributed by atoms with Gasteiger partial charge in [-0.2, -0.15) is 11.8 Å². The highest BCUT2D eigenvalue weighted by molar-refractivity contribution is 8.00. The van der Waals surface area contributed by atoms with Gasteiger partial charge in [-0.05, 0) is 12.8 Å². The Bertz CT molecular complexity index is 745. The average molecular weight is 684 g/mol. The third-order valence-electron chi connectivity index (χ3n) is 6.86. The van der Waals surface area contributed by atoms with E-state index in [1.54, 1.807) is 0 Å². The van der Waals surface area contributed by atoms with Gasteiger partial charge in [0.1, 0.15) is 0 Å². The lowest BCUT2D eigenvalue weighted by atomic mass is 10.0. The lowest BCUT2D eigenvalue weighted by molar-refractivity contribution is -0.121. The molecule has 3 atom stereocenters. The summed E-state index contributed by atoms with van der Waals surface area (Å²) in [5, 5.41) is 17.9. The number of ether oxygens (including phenoxy) is 9. The summed E-state index contributed by atoms with van der Waals surface area (Å²) in [6, 6.07) is 0.410. The second-order valence-corrected chi connectivity index (χ2v) is 11.7. The van der Waals surface area contributed by atoms with Crippen LogP contribution in [0, 0.1) is 0 Å². The maximum absolute atomic E-state index is 12.0. The Morgan fingerprint density at radius 2 is 1.09 bits per heavy atom. The Balaban J connectivity index is 1.17. The van der Waals surface area contributed by atoms with E-state index in [4.69, 9.17) is 47.7 Å². The van der Waals surface area contributed by atoms with Crippen molar-refractivity contribution in [1.29, 1.82) is 0 Å². The van der Waals surface area contributed by atoms with Crippen LogP contribution in [-0.2, 0) is 47.4 Å². The van der Waals surface area contributed by atoms with Crippen molar-refractivity contribution in [2.45, 2.75) is 43.0 Å². The Kier molecular flexibility index (Phi) is 26.5. The minimum absolute atomic E-state index is 0.0214. The lowest BCUT2D eigenvalue weighted by Crippen LogP contribution is -2.36. The van der Waals surface area contributed by atoms with Crippen LogP contribution < -0.4 is 16.0 Å². The lowest BCUT2D eigenvalue weighted by Gasteiger charge is -2.16. The van der Waals surface area contributed by atoms with Gasteiger partial charge in [0.25, 0.3) is 0 Å². The number of urea groups is 1. The van der Waals surface area contributed by atoms with E-state index >= 15 is 0 Å². The van der Waals surface area contributed by atoms with Crippen molar-refractivity contribution in [3.8, 4) is 0 Å². The van der Waals surface area contributed by atoms with Crippen LogP contribution >= 0.6 is 11.8 Å². The average Bonchev–Trinajstić information content (AvgIpc) is 3.61. The quantitative estimate of drug-likeness (QED) is 0.0527. The van der Waals surface area contributed by atoms with E-state index in [1.807, 2.05) is 11.8 Å². The molecule has 46 heavy (non-hydrogen) atoms. The molecule has 0 aromatic rings. The molecule has 2 fully saturated rings. The first kappa shape index (κ1) is 40.9. The molecule has 4 N–H and O–H groups in total. The van der Waals surface area contributed by atoms with Gasteiger partial charge in [-0.1, -0.05) is 6.42 Å². The predicted molar refractivity (Wildman–Crippen MR) is 171 cm³/mol. The number of hydrogen-bond donors (Lipinski definition) is 4. The number of rotatable bonds is 34. The molecule has 2 aliphatic rings. The van der Waals surface area contributed by atoms with Crippen molar-refractivity contribution in [2.24, 2.45) is 0 Å². The Hall–Kier alpha value is -1.31. The summed E-state index contributed by atoms with van der Waals surface area (Å²) >= 11 is 1.90. The summed E-state index contributed by atoms with van der Waals surface area (Å²) < 4.78 is 48.6. The number of aliphatic hydroxyl groups excluding tert-OH is 1. The number of unbranched alkanes of at least 4 members (excludes halogenated alkanes) is 1. The van der Waals surface area contributed by atoms with Crippen molar-refractivity contribution in [1.82, 2.24) is 16.0 Å². The van der Waals surface area contributed by atoms with Gasteiger partial charge in [0.05, 0.1) is 138 Å². The van der Waals surface area contributed by atoms with Gasteiger partial charge in [-0.3, -0.25) is 4.79 Å². The third kappa shape index (κ3) is 22.3. The van der Waals surface area contributed by atoms with E-state index in [9.17, 15) is 9.59 Å². The SMILES string of the molecule is O=C(CCCC[C@@H]1SC[C@@H]2NC(=O)N[C@@H]21)NCCOCCOCCOCCOCCOCCOCCOCCOCCOCCO. The van der Waals surface area contributed by atoms with Gasteiger partial charge in [0.15, 0.2) is 0 Å².